The third-order valence-electron chi connectivity index (χ3n) is 1.37. The van der Waals surface area contributed by atoms with Gasteiger partial charge in [0.1, 0.15) is 6.54 Å². The van der Waals surface area contributed by atoms with Gasteiger partial charge in [-0.25, -0.2) is 4.79 Å². The Hall–Kier alpha value is -0.990. The zero-order valence-corrected chi connectivity index (χ0v) is 9.33. The van der Waals surface area contributed by atoms with Crippen molar-refractivity contribution < 1.29 is 38.6 Å². The summed E-state index contributed by atoms with van der Waals surface area (Å²) in [6, 6.07) is 0. The maximum Gasteiger partial charge on any atom is 0.570 e. The molecule has 0 radical (unpaired) electrons. The van der Waals surface area contributed by atoms with Gasteiger partial charge < -0.3 is 9.84 Å². The number of hydrogen-bond acceptors (Lipinski definition) is 7. The number of likely N-dealkylation sites (N-methyl/N-ethyl adjacent to an activating group) is 1. The second kappa shape index (κ2) is 6.56. The van der Waals surface area contributed by atoms with E-state index in [-0.39, 0.29) is 6.54 Å². The SMILES string of the molecule is CCN(CC(=O)O)C(=O)OCO[P+](O)(O)O. The molecule has 0 aliphatic heterocycles. The molecule has 9 nitrogen and oxygen atoms in total. The topological polar surface area (TPSA) is 137 Å². The van der Waals surface area contributed by atoms with Gasteiger partial charge in [-0.1, -0.05) is 0 Å². The van der Waals surface area contributed by atoms with Crippen LogP contribution in [0, 0.1) is 0 Å². The predicted octanol–water partition coefficient (Wildman–Crippen LogP) is -0.842. The highest BCUT2D eigenvalue weighted by Gasteiger charge is 2.34. The minimum Gasteiger partial charge on any atom is -0.480 e. The van der Waals surface area contributed by atoms with Crippen LogP contribution in [0.25, 0.3) is 0 Å². The smallest absolute Gasteiger partial charge is 0.480 e. The van der Waals surface area contributed by atoms with Crippen molar-refractivity contribution in [1.29, 1.82) is 0 Å². The zero-order valence-electron chi connectivity index (χ0n) is 8.44. The van der Waals surface area contributed by atoms with Crippen LogP contribution in [-0.4, -0.2) is 56.6 Å². The maximum atomic E-state index is 11.1. The standard InChI is InChI=1S/C6H12NO8P/c1-2-7(3-5(8)9)6(10)14-4-15-16(11,12)13/h11-13H,2-4H2,1H3/p+1. The Morgan fingerprint density at radius 3 is 2.25 bits per heavy atom. The first-order chi connectivity index (χ1) is 7.26. The van der Waals surface area contributed by atoms with Crippen molar-refractivity contribution in [3.05, 3.63) is 0 Å². The largest absolute Gasteiger partial charge is 0.570 e. The summed E-state index contributed by atoms with van der Waals surface area (Å²) in [5.74, 6) is -1.21. The van der Waals surface area contributed by atoms with Gasteiger partial charge in [-0.2, -0.15) is 14.7 Å². The van der Waals surface area contributed by atoms with Gasteiger partial charge in [0.25, 0.3) is 0 Å². The van der Waals surface area contributed by atoms with Gasteiger partial charge in [0.15, 0.2) is 0 Å². The number of amides is 1. The summed E-state index contributed by atoms with van der Waals surface area (Å²) in [7, 11) is -4.45. The van der Waals surface area contributed by atoms with Crippen molar-refractivity contribution in [2.75, 3.05) is 19.9 Å². The first kappa shape index (κ1) is 15.0. The summed E-state index contributed by atoms with van der Waals surface area (Å²) in [6.07, 6.45) is -1.00. The molecule has 1 amide bonds. The molecule has 0 saturated heterocycles. The van der Waals surface area contributed by atoms with E-state index in [1.807, 2.05) is 0 Å². The van der Waals surface area contributed by atoms with Crippen molar-refractivity contribution in [2.24, 2.45) is 0 Å². The molecule has 0 saturated carbocycles. The molecular weight excluding hydrogens is 245 g/mol. The highest BCUT2D eigenvalue weighted by molar-refractivity contribution is 7.53. The summed E-state index contributed by atoms with van der Waals surface area (Å²) in [4.78, 5) is 47.4. The zero-order chi connectivity index (χ0) is 12.8. The molecule has 0 aromatic carbocycles. The van der Waals surface area contributed by atoms with Crippen LogP contribution in [0.2, 0.25) is 0 Å². The first-order valence-corrected chi connectivity index (χ1v) is 5.68. The van der Waals surface area contributed by atoms with Crippen molar-refractivity contribution in [1.82, 2.24) is 4.90 Å². The van der Waals surface area contributed by atoms with E-state index in [1.54, 1.807) is 0 Å². The lowest BCUT2D eigenvalue weighted by Gasteiger charge is -2.17. The molecular formula is C6H13NO8P+. The van der Waals surface area contributed by atoms with E-state index in [1.165, 1.54) is 6.92 Å². The number of carboxylic acid groups (broad SMARTS) is 1. The van der Waals surface area contributed by atoms with Crippen LogP contribution in [0.1, 0.15) is 6.92 Å². The minimum absolute atomic E-state index is 0.1000. The van der Waals surface area contributed by atoms with E-state index in [0.29, 0.717) is 0 Å². The van der Waals surface area contributed by atoms with E-state index in [4.69, 9.17) is 19.8 Å². The number of carboxylic acids is 1. The van der Waals surface area contributed by atoms with Crippen molar-refractivity contribution in [3.63, 3.8) is 0 Å². The Morgan fingerprint density at radius 1 is 1.31 bits per heavy atom. The molecule has 0 rings (SSSR count). The van der Waals surface area contributed by atoms with E-state index in [2.05, 4.69) is 9.26 Å². The van der Waals surface area contributed by atoms with Gasteiger partial charge in [0.2, 0.25) is 6.79 Å². The van der Waals surface area contributed by atoms with Crippen LogP contribution in [0.4, 0.5) is 4.79 Å². The molecule has 0 bridgehead atoms. The van der Waals surface area contributed by atoms with E-state index in [9.17, 15) is 9.59 Å². The lowest BCUT2D eigenvalue weighted by atomic mass is 10.5. The second-order valence-corrected chi connectivity index (χ2v) is 3.86. The predicted molar refractivity (Wildman–Crippen MR) is 50.9 cm³/mol. The molecule has 0 spiro atoms. The summed E-state index contributed by atoms with van der Waals surface area (Å²) >= 11 is 0. The lowest BCUT2D eigenvalue weighted by molar-refractivity contribution is -0.138. The van der Waals surface area contributed by atoms with Gasteiger partial charge in [-0.15, -0.1) is 4.52 Å². The Labute approximate surface area is 91.5 Å². The fourth-order valence-electron chi connectivity index (χ4n) is 0.707. The first-order valence-electron chi connectivity index (χ1n) is 4.11. The molecule has 4 N–H and O–H groups in total. The van der Waals surface area contributed by atoms with Crippen LogP contribution in [0.3, 0.4) is 0 Å². The van der Waals surface area contributed by atoms with Gasteiger partial charge in [0.05, 0.1) is 0 Å². The van der Waals surface area contributed by atoms with E-state index in [0.717, 1.165) is 4.90 Å². The Morgan fingerprint density at radius 2 is 1.88 bits per heavy atom. The number of ether oxygens (including phenoxy) is 1. The Bertz CT molecular complexity index is 251. The molecule has 0 unspecified atom stereocenters. The average molecular weight is 258 g/mol. The van der Waals surface area contributed by atoms with Crippen molar-refractivity contribution >= 4 is 20.2 Å². The van der Waals surface area contributed by atoms with E-state index < -0.39 is 33.6 Å². The number of rotatable bonds is 6. The summed E-state index contributed by atoms with van der Waals surface area (Å²) < 4.78 is 8.28. The number of carbonyl (C=O) groups excluding carboxylic acids is 1. The molecule has 0 aliphatic carbocycles. The average Bonchev–Trinajstić information content (AvgIpc) is 2.11. The molecule has 0 aromatic rings. The van der Waals surface area contributed by atoms with Crippen molar-refractivity contribution in [2.45, 2.75) is 6.92 Å². The lowest BCUT2D eigenvalue weighted by Crippen LogP contribution is -2.36. The quantitative estimate of drug-likeness (QED) is 0.357. The molecule has 0 atom stereocenters. The number of nitrogens with zero attached hydrogens (tertiary/aromatic N) is 1. The molecule has 0 aromatic heterocycles. The third kappa shape index (κ3) is 7.32. The molecule has 94 valence electrons. The normalized spacial score (nSPS) is 11.0. The fraction of sp³-hybridized carbons (Fsp3) is 0.667. The van der Waals surface area contributed by atoms with Gasteiger partial charge in [0, 0.05) is 6.54 Å². The molecule has 0 heterocycles. The Kier molecular flexibility index (Phi) is 6.16. The summed E-state index contributed by atoms with van der Waals surface area (Å²) in [5, 5.41) is 8.42. The number of hydrogen-bond donors (Lipinski definition) is 4. The van der Waals surface area contributed by atoms with Crippen LogP contribution >= 0.6 is 8.17 Å². The van der Waals surface area contributed by atoms with E-state index >= 15 is 0 Å². The van der Waals surface area contributed by atoms with Crippen LogP contribution in [0.5, 0.6) is 0 Å². The molecule has 10 heteroatoms. The van der Waals surface area contributed by atoms with Gasteiger partial charge in [-0.05, 0) is 6.92 Å². The highest BCUT2D eigenvalue weighted by atomic mass is 31.2. The number of aliphatic carboxylic acids is 1. The fourth-order valence-corrected chi connectivity index (χ4v) is 0.902. The summed E-state index contributed by atoms with van der Waals surface area (Å²) in [6.45, 7) is 0.203. The third-order valence-corrected chi connectivity index (χ3v) is 1.83. The number of carbonyl (C=O) groups is 2. The summed E-state index contributed by atoms with van der Waals surface area (Å²) in [5.41, 5.74) is 0. The van der Waals surface area contributed by atoms with Crippen LogP contribution in [0.15, 0.2) is 0 Å². The Balaban J connectivity index is 3.98. The minimum atomic E-state index is -4.45. The van der Waals surface area contributed by atoms with Crippen molar-refractivity contribution in [3.8, 4) is 0 Å². The van der Waals surface area contributed by atoms with Crippen LogP contribution in [-0.2, 0) is 14.1 Å². The maximum absolute atomic E-state index is 11.1. The monoisotopic (exact) mass is 258 g/mol. The molecule has 0 aliphatic rings. The molecule has 0 fully saturated rings. The van der Waals surface area contributed by atoms with Gasteiger partial charge in [-0.3, -0.25) is 9.69 Å². The highest BCUT2D eigenvalue weighted by Crippen LogP contribution is 2.45. The molecule has 16 heavy (non-hydrogen) atoms. The van der Waals surface area contributed by atoms with Crippen LogP contribution < -0.4 is 0 Å². The second-order valence-electron chi connectivity index (χ2n) is 2.58. The van der Waals surface area contributed by atoms with Gasteiger partial charge >= 0.3 is 20.2 Å².